The molecule has 0 unspecified atom stereocenters. The molecule has 1 amide bonds. The van der Waals surface area contributed by atoms with Crippen LogP contribution >= 0.6 is 23.1 Å². The minimum Gasteiger partial charge on any atom is -0.320 e. The summed E-state index contributed by atoms with van der Waals surface area (Å²) in [7, 11) is 1.79. The van der Waals surface area contributed by atoms with Gasteiger partial charge in [0.05, 0.1) is 17.1 Å². The molecule has 2 aromatic heterocycles. The minimum atomic E-state index is -0.269. The fraction of sp³-hybridized carbons (Fsp3) is 0.208. The van der Waals surface area contributed by atoms with Gasteiger partial charge in [-0.25, -0.2) is 14.1 Å². The highest BCUT2D eigenvalue weighted by Gasteiger charge is 2.18. The van der Waals surface area contributed by atoms with E-state index in [1.807, 2.05) is 42.6 Å². The molecule has 0 aliphatic rings. The normalized spacial score (nSPS) is 11.0. The van der Waals surface area contributed by atoms with Crippen molar-refractivity contribution in [1.29, 1.82) is 0 Å². The van der Waals surface area contributed by atoms with E-state index in [4.69, 9.17) is 0 Å². The number of rotatable bonds is 8. The molecule has 0 fully saturated rings. The summed E-state index contributed by atoms with van der Waals surface area (Å²) < 4.78 is 16.4. The van der Waals surface area contributed by atoms with Crippen LogP contribution in [0.5, 0.6) is 0 Å². The molecule has 0 radical (unpaired) electrons. The topological polar surface area (TPSA) is 68.9 Å². The van der Waals surface area contributed by atoms with Crippen molar-refractivity contribution in [2.45, 2.75) is 19.1 Å². The van der Waals surface area contributed by atoms with E-state index in [0.29, 0.717) is 29.3 Å². The summed E-state index contributed by atoms with van der Waals surface area (Å²) in [5.41, 5.74) is 3.30. The lowest BCUT2D eigenvalue weighted by molar-refractivity contribution is -0.115. The van der Waals surface area contributed by atoms with Gasteiger partial charge in [-0.15, -0.1) is 11.3 Å². The van der Waals surface area contributed by atoms with Crippen LogP contribution in [0.4, 0.5) is 10.1 Å². The second-order valence-electron chi connectivity index (χ2n) is 7.44. The van der Waals surface area contributed by atoms with Crippen LogP contribution in [0.15, 0.2) is 64.8 Å². The molecule has 2 aromatic carbocycles. The molecule has 0 aliphatic heterocycles. The van der Waals surface area contributed by atoms with Crippen LogP contribution in [0.3, 0.4) is 0 Å². The average Bonchev–Trinajstić information content (AvgIpc) is 3.37. The Morgan fingerprint density at radius 2 is 1.88 bits per heavy atom. The first-order chi connectivity index (χ1) is 15.9. The first-order valence-corrected chi connectivity index (χ1v) is 12.4. The predicted octanol–water partition coefficient (Wildman–Crippen LogP) is 5.01. The molecule has 0 atom stereocenters. The zero-order valence-corrected chi connectivity index (χ0v) is 19.9. The van der Waals surface area contributed by atoms with E-state index < -0.39 is 0 Å². The number of para-hydroxylation sites is 1. The van der Waals surface area contributed by atoms with E-state index in [9.17, 15) is 14.0 Å². The quantitative estimate of drug-likeness (QED) is 0.359. The highest BCUT2D eigenvalue weighted by molar-refractivity contribution is 7.98. The Morgan fingerprint density at radius 1 is 1.15 bits per heavy atom. The van der Waals surface area contributed by atoms with Crippen molar-refractivity contribution in [1.82, 2.24) is 14.3 Å². The third kappa shape index (κ3) is 5.26. The lowest BCUT2D eigenvalue weighted by Crippen LogP contribution is -2.23. The smallest absolute Gasteiger partial charge is 0.295 e. The Labute approximate surface area is 199 Å². The van der Waals surface area contributed by atoms with E-state index in [1.165, 1.54) is 23.5 Å². The van der Waals surface area contributed by atoms with Gasteiger partial charge in [-0.2, -0.15) is 11.8 Å². The Bertz CT molecular complexity index is 1310. The fourth-order valence-corrected chi connectivity index (χ4v) is 5.12. The minimum absolute atomic E-state index is 0.196. The molecule has 0 saturated carbocycles. The number of carbonyl (C=O) groups excluding carboxylic acids is 1. The summed E-state index contributed by atoms with van der Waals surface area (Å²) in [6.45, 7) is 1.81. The van der Waals surface area contributed by atoms with E-state index in [1.54, 1.807) is 40.3 Å². The lowest BCUT2D eigenvalue weighted by Gasteiger charge is -2.07. The van der Waals surface area contributed by atoms with Crippen LogP contribution < -0.4 is 10.9 Å². The molecule has 1 N–H and O–H groups in total. The molecule has 4 aromatic rings. The van der Waals surface area contributed by atoms with Crippen LogP contribution in [0.1, 0.15) is 17.8 Å². The number of thiazole rings is 1. The van der Waals surface area contributed by atoms with Gasteiger partial charge in [0.1, 0.15) is 16.5 Å². The van der Waals surface area contributed by atoms with Crippen molar-refractivity contribution < 1.29 is 9.18 Å². The van der Waals surface area contributed by atoms with Gasteiger partial charge in [0.15, 0.2) is 0 Å². The molecule has 170 valence electrons. The standard InChI is InChI=1S/C24H23FN4O2S2/c1-16-22(24(31)29(28(16)2)20-6-4-3-5-7-20)27-21(30)12-13-32-14-19-15-33-23(26-19)17-8-10-18(25)11-9-17/h3-11,15H,12-14H2,1-2H3,(H,27,30). The molecular formula is C24H23FN4O2S2. The number of carbonyl (C=O) groups is 1. The highest BCUT2D eigenvalue weighted by Crippen LogP contribution is 2.26. The highest BCUT2D eigenvalue weighted by atomic mass is 32.2. The number of hydrogen-bond acceptors (Lipinski definition) is 5. The SMILES string of the molecule is Cc1c(NC(=O)CCSCc2csc(-c3ccc(F)cc3)n2)c(=O)n(-c2ccccc2)n1C. The summed E-state index contributed by atoms with van der Waals surface area (Å²) in [5, 5.41) is 5.61. The number of aromatic nitrogens is 3. The maximum absolute atomic E-state index is 13.1. The van der Waals surface area contributed by atoms with E-state index >= 15 is 0 Å². The molecular weight excluding hydrogens is 459 g/mol. The Hall–Kier alpha value is -3.17. The Morgan fingerprint density at radius 3 is 2.61 bits per heavy atom. The molecule has 2 heterocycles. The molecule has 0 bridgehead atoms. The van der Waals surface area contributed by atoms with E-state index in [0.717, 1.165) is 22.0 Å². The number of thioether (sulfide) groups is 1. The van der Waals surface area contributed by atoms with Gasteiger partial charge in [-0.05, 0) is 43.3 Å². The second kappa shape index (κ2) is 10.2. The number of hydrogen-bond donors (Lipinski definition) is 1. The van der Waals surface area contributed by atoms with Crippen molar-refractivity contribution in [2.24, 2.45) is 7.05 Å². The van der Waals surface area contributed by atoms with Gasteiger partial charge in [0, 0.05) is 35.9 Å². The predicted molar refractivity (Wildman–Crippen MR) is 133 cm³/mol. The molecule has 0 saturated heterocycles. The van der Waals surface area contributed by atoms with Crippen molar-refractivity contribution in [3.63, 3.8) is 0 Å². The van der Waals surface area contributed by atoms with Gasteiger partial charge < -0.3 is 5.32 Å². The maximum atomic E-state index is 13.1. The van der Waals surface area contributed by atoms with Crippen molar-refractivity contribution >= 4 is 34.7 Å². The van der Waals surface area contributed by atoms with Crippen LogP contribution in [-0.2, 0) is 17.6 Å². The van der Waals surface area contributed by atoms with Gasteiger partial charge in [-0.1, -0.05) is 18.2 Å². The molecule has 33 heavy (non-hydrogen) atoms. The summed E-state index contributed by atoms with van der Waals surface area (Å²) in [5.74, 6) is 0.817. The van der Waals surface area contributed by atoms with Crippen molar-refractivity contribution in [3.05, 3.63) is 87.5 Å². The van der Waals surface area contributed by atoms with E-state index in [-0.39, 0.29) is 17.3 Å². The Balaban J connectivity index is 1.31. The molecule has 6 nitrogen and oxygen atoms in total. The molecule has 0 spiro atoms. The van der Waals surface area contributed by atoms with E-state index in [2.05, 4.69) is 10.3 Å². The first kappa shape index (κ1) is 23.0. The molecule has 4 rings (SSSR count). The second-order valence-corrected chi connectivity index (χ2v) is 9.40. The summed E-state index contributed by atoms with van der Waals surface area (Å²) in [6.07, 6.45) is 0.290. The number of nitrogens with one attached hydrogen (secondary N) is 1. The van der Waals surface area contributed by atoms with Gasteiger partial charge in [-0.3, -0.25) is 14.3 Å². The summed E-state index contributed by atoms with van der Waals surface area (Å²) >= 11 is 3.12. The number of amides is 1. The number of anilines is 1. The zero-order valence-electron chi connectivity index (χ0n) is 18.2. The van der Waals surface area contributed by atoms with Crippen LogP contribution in [0, 0.1) is 12.7 Å². The maximum Gasteiger partial charge on any atom is 0.295 e. The first-order valence-electron chi connectivity index (χ1n) is 10.4. The van der Waals surface area contributed by atoms with Crippen LogP contribution in [-0.4, -0.2) is 26.0 Å². The van der Waals surface area contributed by atoms with Crippen LogP contribution in [0.25, 0.3) is 16.3 Å². The largest absolute Gasteiger partial charge is 0.320 e. The number of halogens is 1. The number of benzene rings is 2. The van der Waals surface area contributed by atoms with Crippen molar-refractivity contribution in [3.8, 4) is 16.3 Å². The number of nitrogens with zero attached hydrogens (tertiary/aromatic N) is 3. The van der Waals surface area contributed by atoms with Gasteiger partial charge in [0.25, 0.3) is 5.56 Å². The third-order valence-corrected chi connectivity index (χ3v) is 7.12. The summed E-state index contributed by atoms with van der Waals surface area (Å²) in [4.78, 5) is 30.0. The lowest BCUT2D eigenvalue weighted by atomic mass is 10.2. The molecule has 9 heteroatoms. The molecule has 0 aliphatic carbocycles. The zero-order chi connectivity index (χ0) is 23.4. The van der Waals surface area contributed by atoms with Crippen molar-refractivity contribution in [2.75, 3.05) is 11.1 Å². The monoisotopic (exact) mass is 482 g/mol. The fourth-order valence-electron chi connectivity index (χ4n) is 3.35. The average molecular weight is 483 g/mol. The van der Waals surface area contributed by atoms with Gasteiger partial charge in [0.2, 0.25) is 5.91 Å². The Kier molecular flexibility index (Phi) is 7.10. The van der Waals surface area contributed by atoms with Gasteiger partial charge >= 0.3 is 0 Å². The summed E-state index contributed by atoms with van der Waals surface area (Å²) in [6, 6.07) is 15.6. The van der Waals surface area contributed by atoms with Crippen LogP contribution in [0.2, 0.25) is 0 Å². The third-order valence-electron chi connectivity index (χ3n) is 5.18.